The van der Waals surface area contributed by atoms with Gasteiger partial charge in [0.05, 0.1) is 0 Å². The van der Waals surface area contributed by atoms with E-state index in [-0.39, 0.29) is 16.9 Å². The molecule has 0 spiro atoms. The van der Waals surface area contributed by atoms with Crippen LogP contribution in [-0.2, 0) is 0 Å². The smallest absolute Gasteiger partial charge is 0.194 e. The van der Waals surface area contributed by atoms with E-state index in [1.54, 1.807) is 11.8 Å². The lowest BCUT2D eigenvalue weighted by molar-refractivity contribution is 0.420. The van der Waals surface area contributed by atoms with Crippen molar-refractivity contribution in [2.45, 2.75) is 36.8 Å². The van der Waals surface area contributed by atoms with Crippen LogP contribution >= 0.6 is 23.5 Å². The number of nitrogens with one attached hydrogen (secondary N) is 1. The average Bonchev–Trinajstić information content (AvgIpc) is 2.51. The molecule has 0 saturated carbocycles. The predicted molar refractivity (Wildman–Crippen MR) is 85.5 cm³/mol. The van der Waals surface area contributed by atoms with Gasteiger partial charge in [-0.05, 0) is 19.0 Å². The van der Waals surface area contributed by atoms with Crippen LogP contribution in [0.5, 0.6) is 0 Å². The zero-order valence-electron chi connectivity index (χ0n) is 12.2. The maximum absolute atomic E-state index is 14.2. The molecule has 0 radical (unpaired) electrons. The molecular formula is C15H20F3NS2. The van der Waals surface area contributed by atoms with Gasteiger partial charge in [-0.25, -0.2) is 13.2 Å². The second-order valence-electron chi connectivity index (χ2n) is 4.95. The Hall–Kier alpha value is -0.330. The molecule has 1 aromatic rings. The fraction of sp³-hybridized carbons (Fsp3) is 0.600. The van der Waals surface area contributed by atoms with Crippen LogP contribution in [0.25, 0.3) is 0 Å². The second kappa shape index (κ2) is 7.79. The Balaban J connectivity index is 2.36. The quantitative estimate of drug-likeness (QED) is 0.802. The van der Waals surface area contributed by atoms with Gasteiger partial charge >= 0.3 is 0 Å². The van der Waals surface area contributed by atoms with Crippen molar-refractivity contribution in [3.05, 3.63) is 35.1 Å². The van der Waals surface area contributed by atoms with Crippen molar-refractivity contribution in [3.63, 3.8) is 0 Å². The number of benzene rings is 1. The topological polar surface area (TPSA) is 12.0 Å². The maximum atomic E-state index is 14.2. The average molecular weight is 335 g/mol. The summed E-state index contributed by atoms with van der Waals surface area (Å²) in [6, 6.07) is 2.08. The van der Waals surface area contributed by atoms with E-state index in [1.165, 1.54) is 6.07 Å². The van der Waals surface area contributed by atoms with Crippen LogP contribution in [-0.4, -0.2) is 28.6 Å². The van der Waals surface area contributed by atoms with Crippen LogP contribution in [0.1, 0.15) is 31.9 Å². The molecule has 1 aromatic carbocycles. The maximum Gasteiger partial charge on any atom is 0.194 e. The van der Waals surface area contributed by atoms with Gasteiger partial charge in [0, 0.05) is 33.6 Å². The molecular weight excluding hydrogens is 315 g/mol. The van der Waals surface area contributed by atoms with E-state index in [9.17, 15) is 13.2 Å². The van der Waals surface area contributed by atoms with Crippen LogP contribution in [0.2, 0.25) is 0 Å². The Kier molecular flexibility index (Phi) is 6.32. The van der Waals surface area contributed by atoms with Gasteiger partial charge in [0.1, 0.15) is 0 Å². The molecule has 0 aliphatic carbocycles. The molecule has 21 heavy (non-hydrogen) atoms. The van der Waals surface area contributed by atoms with Crippen LogP contribution in [0.4, 0.5) is 13.2 Å². The summed E-state index contributed by atoms with van der Waals surface area (Å²) in [4.78, 5) is 0. The van der Waals surface area contributed by atoms with Crippen molar-refractivity contribution in [3.8, 4) is 0 Å². The van der Waals surface area contributed by atoms with Gasteiger partial charge in [-0.3, -0.25) is 0 Å². The second-order valence-corrected chi connectivity index (χ2v) is 7.59. The Morgan fingerprint density at radius 3 is 2.52 bits per heavy atom. The first kappa shape index (κ1) is 17.0. The number of hydrogen-bond donors (Lipinski definition) is 1. The van der Waals surface area contributed by atoms with Gasteiger partial charge in [-0.2, -0.15) is 23.5 Å². The summed E-state index contributed by atoms with van der Waals surface area (Å²) in [6.07, 6.45) is 0.982. The molecule has 1 heterocycles. The summed E-state index contributed by atoms with van der Waals surface area (Å²) < 4.78 is 40.8. The summed E-state index contributed by atoms with van der Waals surface area (Å²) in [5, 5.41) is 3.81. The normalized spacial score (nSPS) is 24.0. The third-order valence-corrected chi connectivity index (χ3v) is 7.00. The van der Waals surface area contributed by atoms with Crippen molar-refractivity contribution in [2.24, 2.45) is 0 Å². The molecule has 3 atom stereocenters. The Bertz CT molecular complexity index is 484. The van der Waals surface area contributed by atoms with Gasteiger partial charge in [0.25, 0.3) is 0 Å². The molecule has 0 aromatic heterocycles. The van der Waals surface area contributed by atoms with Gasteiger partial charge in [0.15, 0.2) is 17.5 Å². The highest BCUT2D eigenvalue weighted by Crippen LogP contribution is 2.41. The third kappa shape index (κ3) is 3.71. The number of halogens is 3. The van der Waals surface area contributed by atoms with Crippen LogP contribution in [0, 0.1) is 17.5 Å². The molecule has 0 bridgehead atoms. The Morgan fingerprint density at radius 1 is 1.14 bits per heavy atom. The standard InChI is InChI=1S/C15H20F3NS2/c1-3-11-15(21-8-7-20-11)14(19-4-2)9-5-6-10(16)13(18)12(9)17/h5-6,11,14-15,19H,3-4,7-8H2,1-2H3. The molecule has 1 aliphatic heterocycles. The largest absolute Gasteiger partial charge is 0.309 e. The highest BCUT2D eigenvalue weighted by Gasteiger charge is 2.34. The lowest BCUT2D eigenvalue weighted by Gasteiger charge is -2.36. The zero-order valence-corrected chi connectivity index (χ0v) is 13.8. The molecule has 1 aliphatic rings. The Labute approximate surface area is 132 Å². The molecule has 2 rings (SSSR count). The lowest BCUT2D eigenvalue weighted by Crippen LogP contribution is -2.39. The number of rotatable bonds is 5. The van der Waals surface area contributed by atoms with Gasteiger partial charge in [-0.15, -0.1) is 0 Å². The van der Waals surface area contributed by atoms with E-state index >= 15 is 0 Å². The molecule has 118 valence electrons. The number of hydrogen-bond acceptors (Lipinski definition) is 3. The summed E-state index contributed by atoms with van der Waals surface area (Å²) in [5.41, 5.74) is 0.231. The van der Waals surface area contributed by atoms with Crippen molar-refractivity contribution in [1.29, 1.82) is 0 Å². The third-order valence-electron chi connectivity index (χ3n) is 3.65. The van der Waals surface area contributed by atoms with Crippen molar-refractivity contribution in [2.75, 3.05) is 18.1 Å². The van der Waals surface area contributed by atoms with Crippen molar-refractivity contribution in [1.82, 2.24) is 5.32 Å². The molecule has 0 amide bonds. The molecule has 6 heteroatoms. The first-order chi connectivity index (χ1) is 10.1. The van der Waals surface area contributed by atoms with Crippen molar-refractivity contribution < 1.29 is 13.2 Å². The SMILES string of the molecule is CCNC(c1ccc(F)c(F)c1F)C1SCCSC1CC. The summed E-state index contributed by atoms with van der Waals surface area (Å²) in [6.45, 7) is 4.70. The van der Waals surface area contributed by atoms with E-state index in [0.717, 1.165) is 24.0 Å². The minimum atomic E-state index is -1.38. The highest BCUT2D eigenvalue weighted by atomic mass is 32.2. The lowest BCUT2D eigenvalue weighted by atomic mass is 9.99. The van der Waals surface area contributed by atoms with Gasteiger partial charge < -0.3 is 5.32 Å². The van der Waals surface area contributed by atoms with E-state index in [2.05, 4.69) is 12.2 Å². The van der Waals surface area contributed by atoms with Gasteiger partial charge in [0.2, 0.25) is 0 Å². The van der Waals surface area contributed by atoms with E-state index < -0.39 is 17.5 Å². The van der Waals surface area contributed by atoms with E-state index in [0.29, 0.717) is 11.8 Å². The zero-order chi connectivity index (χ0) is 15.4. The predicted octanol–water partition coefficient (Wildman–Crippen LogP) is 4.38. The minimum Gasteiger partial charge on any atom is -0.309 e. The first-order valence-corrected chi connectivity index (χ1v) is 9.29. The molecule has 1 N–H and O–H groups in total. The molecule has 1 saturated heterocycles. The molecule has 3 unspecified atom stereocenters. The van der Waals surface area contributed by atoms with Gasteiger partial charge in [-0.1, -0.05) is 19.9 Å². The summed E-state index contributed by atoms with van der Waals surface area (Å²) >= 11 is 3.67. The molecule has 1 fully saturated rings. The fourth-order valence-electron chi connectivity index (χ4n) is 2.65. The fourth-order valence-corrected chi connectivity index (χ4v) is 5.89. The van der Waals surface area contributed by atoms with Crippen LogP contribution in [0.15, 0.2) is 12.1 Å². The number of thioether (sulfide) groups is 2. The van der Waals surface area contributed by atoms with Crippen LogP contribution in [0.3, 0.4) is 0 Å². The minimum absolute atomic E-state index is 0.160. The first-order valence-electron chi connectivity index (χ1n) is 7.20. The van der Waals surface area contributed by atoms with Crippen LogP contribution < -0.4 is 5.32 Å². The molecule has 1 nitrogen and oxygen atoms in total. The van der Waals surface area contributed by atoms with Crippen molar-refractivity contribution >= 4 is 23.5 Å². The summed E-state index contributed by atoms with van der Waals surface area (Å²) in [5.74, 6) is -1.49. The summed E-state index contributed by atoms with van der Waals surface area (Å²) in [7, 11) is 0. The highest BCUT2D eigenvalue weighted by molar-refractivity contribution is 8.07. The van der Waals surface area contributed by atoms with E-state index in [1.807, 2.05) is 18.7 Å². The Morgan fingerprint density at radius 2 is 1.86 bits per heavy atom. The van der Waals surface area contributed by atoms with E-state index in [4.69, 9.17) is 0 Å². The monoisotopic (exact) mass is 335 g/mol.